The van der Waals surface area contributed by atoms with E-state index in [1.54, 1.807) is 0 Å². The first kappa shape index (κ1) is 10.9. The normalized spacial score (nSPS) is 18.9. The number of fused-ring (bicyclic) bond motifs is 1. The summed E-state index contributed by atoms with van der Waals surface area (Å²) in [6, 6.07) is 4.90. The molecule has 0 amide bonds. The number of nitrogens with one attached hydrogen (secondary N) is 1. The molecule has 0 unspecified atom stereocenters. The fraction of sp³-hybridized carbons (Fsp3) is 0.571. The molecule has 0 spiro atoms. The van der Waals surface area contributed by atoms with Crippen molar-refractivity contribution in [1.29, 1.82) is 0 Å². The fourth-order valence-electron chi connectivity index (χ4n) is 2.35. The van der Waals surface area contributed by atoms with E-state index < -0.39 is 0 Å². The quantitative estimate of drug-likeness (QED) is 0.869. The number of rotatable bonds is 3. The highest BCUT2D eigenvalue weighted by molar-refractivity contribution is 5.50. The average molecular weight is 233 g/mol. The van der Waals surface area contributed by atoms with Crippen LogP contribution < -0.4 is 14.8 Å². The molecule has 0 saturated heterocycles. The summed E-state index contributed by atoms with van der Waals surface area (Å²) >= 11 is 0. The predicted molar refractivity (Wildman–Crippen MR) is 66.6 cm³/mol. The molecular weight excluding hydrogens is 214 g/mol. The maximum absolute atomic E-state index is 5.69. The maximum atomic E-state index is 5.69. The Balaban J connectivity index is 1.75. The van der Waals surface area contributed by atoms with Crippen LogP contribution >= 0.6 is 0 Å². The SMILES string of the molecule is Cc1c(CNC2CCC2)ccc2c1OCCO2. The van der Waals surface area contributed by atoms with E-state index in [4.69, 9.17) is 9.47 Å². The standard InChI is InChI=1S/C14H19NO2/c1-10-11(9-15-12-3-2-4-12)5-6-13-14(10)17-8-7-16-13/h5-6,12,15H,2-4,7-9H2,1H3. The van der Waals surface area contributed by atoms with Crippen LogP contribution in [-0.2, 0) is 6.54 Å². The minimum atomic E-state index is 0.659. The Morgan fingerprint density at radius 3 is 2.82 bits per heavy atom. The number of benzene rings is 1. The molecule has 1 aromatic carbocycles. The molecule has 3 nitrogen and oxygen atoms in total. The van der Waals surface area contributed by atoms with E-state index in [0.717, 1.165) is 24.1 Å². The van der Waals surface area contributed by atoms with Gasteiger partial charge in [0, 0.05) is 12.6 Å². The number of hydrogen-bond donors (Lipinski definition) is 1. The van der Waals surface area contributed by atoms with Gasteiger partial charge >= 0.3 is 0 Å². The smallest absolute Gasteiger partial charge is 0.164 e. The van der Waals surface area contributed by atoms with Gasteiger partial charge in [0.1, 0.15) is 13.2 Å². The van der Waals surface area contributed by atoms with Crippen LogP contribution in [0.5, 0.6) is 11.5 Å². The molecule has 2 aliphatic rings. The van der Waals surface area contributed by atoms with E-state index in [-0.39, 0.29) is 0 Å². The van der Waals surface area contributed by atoms with Crippen LogP contribution in [0.3, 0.4) is 0 Å². The molecule has 1 N–H and O–H groups in total. The van der Waals surface area contributed by atoms with E-state index in [1.165, 1.54) is 30.4 Å². The first-order chi connectivity index (χ1) is 8.34. The molecule has 0 bridgehead atoms. The molecular formula is C14H19NO2. The second kappa shape index (κ2) is 4.57. The summed E-state index contributed by atoms with van der Waals surface area (Å²) in [6.45, 7) is 4.37. The van der Waals surface area contributed by atoms with Crippen molar-refractivity contribution in [3.05, 3.63) is 23.3 Å². The largest absolute Gasteiger partial charge is 0.486 e. The summed E-state index contributed by atoms with van der Waals surface area (Å²) in [5.74, 6) is 1.82. The van der Waals surface area contributed by atoms with E-state index >= 15 is 0 Å². The molecule has 1 aromatic rings. The Morgan fingerprint density at radius 1 is 1.24 bits per heavy atom. The minimum Gasteiger partial charge on any atom is -0.486 e. The van der Waals surface area contributed by atoms with Crippen molar-refractivity contribution in [2.75, 3.05) is 13.2 Å². The highest BCUT2D eigenvalue weighted by Gasteiger charge is 2.19. The molecule has 17 heavy (non-hydrogen) atoms. The van der Waals surface area contributed by atoms with Gasteiger partial charge in [0.2, 0.25) is 0 Å². The third-order valence-electron chi connectivity index (χ3n) is 3.76. The Bertz CT molecular complexity index is 413. The Hall–Kier alpha value is -1.22. The van der Waals surface area contributed by atoms with Gasteiger partial charge in [-0.1, -0.05) is 12.5 Å². The summed E-state index contributed by atoms with van der Waals surface area (Å²) in [7, 11) is 0. The summed E-state index contributed by atoms with van der Waals surface area (Å²) in [5, 5.41) is 3.59. The predicted octanol–water partition coefficient (Wildman–Crippen LogP) is 2.41. The van der Waals surface area contributed by atoms with Crippen LogP contribution in [0.25, 0.3) is 0 Å². The summed E-state index contributed by atoms with van der Waals surface area (Å²) in [4.78, 5) is 0. The van der Waals surface area contributed by atoms with E-state index in [9.17, 15) is 0 Å². The Morgan fingerprint density at radius 2 is 2.06 bits per heavy atom. The zero-order valence-electron chi connectivity index (χ0n) is 10.3. The molecule has 1 heterocycles. The van der Waals surface area contributed by atoms with Gasteiger partial charge < -0.3 is 14.8 Å². The number of hydrogen-bond acceptors (Lipinski definition) is 3. The van der Waals surface area contributed by atoms with Crippen molar-refractivity contribution < 1.29 is 9.47 Å². The summed E-state index contributed by atoms with van der Waals surface area (Å²) < 4.78 is 11.3. The van der Waals surface area contributed by atoms with Gasteiger partial charge in [0.25, 0.3) is 0 Å². The molecule has 1 aliphatic heterocycles. The molecule has 1 aliphatic carbocycles. The van der Waals surface area contributed by atoms with Gasteiger partial charge in [-0.05, 0) is 37.0 Å². The van der Waals surface area contributed by atoms with Gasteiger partial charge in [-0.3, -0.25) is 0 Å². The second-order valence-electron chi connectivity index (χ2n) is 4.88. The molecule has 3 heteroatoms. The van der Waals surface area contributed by atoms with Crippen LogP contribution in [0.1, 0.15) is 30.4 Å². The molecule has 0 atom stereocenters. The summed E-state index contributed by atoms with van der Waals surface area (Å²) in [6.07, 6.45) is 4.02. The first-order valence-electron chi connectivity index (χ1n) is 6.46. The van der Waals surface area contributed by atoms with Crippen LogP contribution in [0, 0.1) is 6.92 Å². The monoisotopic (exact) mass is 233 g/mol. The lowest BCUT2D eigenvalue weighted by Crippen LogP contribution is -2.34. The van der Waals surface area contributed by atoms with Crippen molar-refractivity contribution in [2.45, 2.75) is 38.8 Å². The highest BCUT2D eigenvalue weighted by Crippen LogP contribution is 2.35. The lowest BCUT2D eigenvalue weighted by molar-refractivity contribution is 0.170. The zero-order valence-corrected chi connectivity index (χ0v) is 10.3. The maximum Gasteiger partial charge on any atom is 0.164 e. The van der Waals surface area contributed by atoms with Crippen molar-refractivity contribution in [1.82, 2.24) is 5.32 Å². The van der Waals surface area contributed by atoms with Crippen LogP contribution in [0.4, 0.5) is 0 Å². The fourth-order valence-corrected chi connectivity index (χ4v) is 2.35. The van der Waals surface area contributed by atoms with E-state index in [1.807, 2.05) is 6.07 Å². The average Bonchev–Trinajstić information content (AvgIpc) is 2.30. The van der Waals surface area contributed by atoms with Gasteiger partial charge in [0.05, 0.1) is 0 Å². The molecule has 0 aromatic heterocycles. The first-order valence-corrected chi connectivity index (χ1v) is 6.46. The Kier molecular flexibility index (Phi) is 2.93. The topological polar surface area (TPSA) is 30.5 Å². The van der Waals surface area contributed by atoms with Crippen LogP contribution in [0.15, 0.2) is 12.1 Å². The third-order valence-corrected chi connectivity index (χ3v) is 3.76. The van der Waals surface area contributed by atoms with E-state index in [2.05, 4.69) is 18.3 Å². The van der Waals surface area contributed by atoms with Crippen molar-refractivity contribution in [2.24, 2.45) is 0 Å². The lowest BCUT2D eigenvalue weighted by atomic mass is 9.93. The lowest BCUT2D eigenvalue weighted by Gasteiger charge is -2.27. The molecule has 92 valence electrons. The Labute approximate surface area is 102 Å². The van der Waals surface area contributed by atoms with Crippen molar-refractivity contribution in [3.63, 3.8) is 0 Å². The van der Waals surface area contributed by atoms with Crippen LogP contribution in [-0.4, -0.2) is 19.3 Å². The highest BCUT2D eigenvalue weighted by atomic mass is 16.6. The van der Waals surface area contributed by atoms with Gasteiger partial charge in [0.15, 0.2) is 11.5 Å². The summed E-state index contributed by atoms with van der Waals surface area (Å²) in [5.41, 5.74) is 2.54. The minimum absolute atomic E-state index is 0.659. The molecule has 0 radical (unpaired) electrons. The van der Waals surface area contributed by atoms with Crippen molar-refractivity contribution in [3.8, 4) is 11.5 Å². The van der Waals surface area contributed by atoms with Gasteiger partial charge in [-0.2, -0.15) is 0 Å². The zero-order chi connectivity index (χ0) is 11.7. The molecule has 1 fully saturated rings. The number of ether oxygens (including phenoxy) is 2. The molecule has 1 saturated carbocycles. The van der Waals surface area contributed by atoms with Crippen molar-refractivity contribution >= 4 is 0 Å². The third kappa shape index (κ3) is 2.12. The van der Waals surface area contributed by atoms with Gasteiger partial charge in [-0.15, -0.1) is 0 Å². The molecule has 3 rings (SSSR count). The van der Waals surface area contributed by atoms with Crippen LogP contribution in [0.2, 0.25) is 0 Å². The second-order valence-corrected chi connectivity index (χ2v) is 4.88. The van der Waals surface area contributed by atoms with Gasteiger partial charge in [-0.25, -0.2) is 0 Å². The van der Waals surface area contributed by atoms with E-state index in [0.29, 0.717) is 13.2 Å².